The van der Waals surface area contributed by atoms with Crippen molar-refractivity contribution in [3.63, 3.8) is 0 Å². The van der Waals surface area contributed by atoms with E-state index in [9.17, 15) is 9.59 Å². The number of hydrogen-bond donors (Lipinski definition) is 1. The summed E-state index contributed by atoms with van der Waals surface area (Å²) >= 11 is 0. The van der Waals surface area contributed by atoms with E-state index in [4.69, 9.17) is 5.73 Å². The van der Waals surface area contributed by atoms with Gasteiger partial charge in [-0.2, -0.15) is 0 Å². The second-order valence-corrected chi connectivity index (χ2v) is 6.35. The fourth-order valence-electron chi connectivity index (χ4n) is 3.46. The minimum absolute atomic E-state index is 0.193. The summed E-state index contributed by atoms with van der Waals surface area (Å²) in [4.78, 5) is 35.5. The molecule has 0 spiro atoms. The van der Waals surface area contributed by atoms with Gasteiger partial charge in [-0.05, 0) is 37.1 Å². The standard InChI is InChI=1S/C20H18N4O2/c21-19(25)18-9-5-11-24(18)20(26)14-12-17(16-8-3-4-10-22-16)23-15-7-2-1-6-13(14)15/h1-4,6-8,10,12,18H,5,9,11H2,(H2,21,25)/t18-/m1/s1. The van der Waals surface area contributed by atoms with E-state index in [0.29, 0.717) is 35.4 Å². The molecule has 1 saturated heterocycles. The van der Waals surface area contributed by atoms with Gasteiger partial charge in [0.25, 0.3) is 5.91 Å². The highest BCUT2D eigenvalue weighted by molar-refractivity contribution is 6.08. The number of para-hydroxylation sites is 1. The fourth-order valence-corrected chi connectivity index (χ4v) is 3.46. The number of carbonyl (C=O) groups is 2. The van der Waals surface area contributed by atoms with E-state index < -0.39 is 11.9 Å². The van der Waals surface area contributed by atoms with Crippen LogP contribution in [0, 0.1) is 0 Å². The van der Waals surface area contributed by atoms with Crippen LogP contribution in [0.5, 0.6) is 0 Å². The fraction of sp³-hybridized carbons (Fsp3) is 0.200. The van der Waals surface area contributed by atoms with E-state index in [2.05, 4.69) is 9.97 Å². The van der Waals surface area contributed by atoms with Crippen LogP contribution in [0.1, 0.15) is 23.2 Å². The van der Waals surface area contributed by atoms with E-state index in [1.54, 1.807) is 17.2 Å². The second-order valence-electron chi connectivity index (χ2n) is 6.35. The molecule has 1 aliphatic heterocycles. The number of carbonyl (C=O) groups excluding carboxylic acids is 2. The van der Waals surface area contributed by atoms with Crippen LogP contribution >= 0.6 is 0 Å². The smallest absolute Gasteiger partial charge is 0.255 e. The van der Waals surface area contributed by atoms with Gasteiger partial charge in [0.1, 0.15) is 6.04 Å². The molecule has 6 nitrogen and oxygen atoms in total. The molecule has 0 saturated carbocycles. The van der Waals surface area contributed by atoms with Crippen LogP contribution in [0.3, 0.4) is 0 Å². The Labute approximate surface area is 150 Å². The molecular weight excluding hydrogens is 328 g/mol. The highest BCUT2D eigenvalue weighted by atomic mass is 16.2. The maximum atomic E-state index is 13.2. The zero-order valence-corrected chi connectivity index (χ0v) is 14.1. The summed E-state index contributed by atoms with van der Waals surface area (Å²) in [5.41, 5.74) is 8.04. The predicted molar refractivity (Wildman–Crippen MR) is 98.2 cm³/mol. The SMILES string of the molecule is NC(=O)[C@H]1CCCN1C(=O)c1cc(-c2ccccn2)nc2ccccc12. The Morgan fingerprint density at radius 1 is 1.08 bits per heavy atom. The van der Waals surface area contributed by atoms with Gasteiger partial charge >= 0.3 is 0 Å². The molecule has 0 bridgehead atoms. The Balaban J connectivity index is 1.85. The number of rotatable bonds is 3. The van der Waals surface area contributed by atoms with Gasteiger partial charge in [0.05, 0.1) is 22.5 Å². The van der Waals surface area contributed by atoms with Gasteiger partial charge < -0.3 is 10.6 Å². The second kappa shape index (κ2) is 6.55. The number of nitrogens with zero attached hydrogens (tertiary/aromatic N) is 3. The normalized spacial score (nSPS) is 16.8. The molecule has 4 rings (SSSR count). The summed E-state index contributed by atoms with van der Waals surface area (Å²) in [5.74, 6) is -0.652. The minimum Gasteiger partial charge on any atom is -0.368 e. The first-order chi connectivity index (χ1) is 12.6. The molecule has 2 aromatic heterocycles. The van der Waals surface area contributed by atoms with E-state index >= 15 is 0 Å². The van der Waals surface area contributed by atoms with E-state index in [-0.39, 0.29) is 5.91 Å². The monoisotopic (exact) mass is 346 g/mol. The number of amides is 2. The molecule has 0 radical (unpaired) electrons. The molecule has 3 heterocycles. The maximum Gasteiger partial charge on any atom is 0.255 e. The number of benzene rings is 1. The Morgan fingerprint density at radius 2 is 1.88 bits per heavy atom. The van der Waals surface area contributed by atoms with Gasteiger partial charge in [-0.3, -0.25) is 14.6 Å². The Hall–Kier alpha value is -3.28. The van der Waals surface area contributed by atoms with E-state index in [0.717, 1.165) is 11.8 Å². The summed E-state index contributed by atoms with van der Waals surface area (Å²) in [6.07, 6.45) is 3.07. The predicted octanol–water partition coefficient (Wildman–Crippen LogP) is 2.39. The van der Waals surface area contributed by atoms with Gasteiger partial charge in [0.2, 0.25) is 5.91 Å². The van der Waals surface area contributed by atoms with Crippen LogP contribution in [0.2, 0.25) is 0 Å². The number of hydrogen-bond acceptors (Lipinski definition) is 4. The van der Waals surface area contributed by atoms with Crippen LogP contribution < -0.4 is 5.73 Å². The molecular formula is C20H18N4O2. The molecule has 2 amide bonds. The first-order valence-electron chi connectivity index (χ1n) is 8.56. The molecule has 2 N–H and O–H groups in total. The van der Waals surface area contributed by atoms with Gasteiger partial charge in [0, 0.05) is 18.1 Å². The van der Waals surface area contributed by atoms with Crippen molar-refractivity contribution >= 4 is 22.7 Å². The lowest BCUT2D eigenvalue weighted by molar-refractivity contribution is -0.121. The van der Waals surface area contributed by atoms with Gasteiger partial charge in [-0.25, -0.2) is 4.98 Å². The lowest BCUT2D eigenvalue weighted by Gasteiger charge is -2.23. The zero-order valence-electron chi connectivity index (χ0n) is 14.1. The number of likely N-dealkylation sites (tertiary alicyclic amines) is 1. The summed E-state index contributed by atoms with van der Waals surface area (Å²) in [5, 5.41) is 0.757. The Morgan fingerprint density at radius 3 is 2.65 bits per heavy atom. The number of primary amides is 1. The third kappa shape index (κ3) is 2.79. The van der Waals surface area contributed by atoms with Crippen molar-refractivity contribution in [1.29, 1.82) is 0 Å². The summed E-state index contributed by atoms with van der Waals surface area (Å²) in [6, 6.07) is 14.3. The largest absolute Gasteiger partial charge is 0.368 e. The summed E-state index contributed by atoms with van der Waals surface area (Å²) in [6.45, 7) is 0.530. The quantitative estimate of drug-likeness (QED) is 0.788. The van der Waals surface area contributed by atoms with Crippen molar-refractivity contribution in [3.05, 3.63) is 60.3 Å². The van der Waals surface area contributed by atoms with Gasteiger partial charge in [0.15, 0.2) is 0 Å². The molecule has 1 aromatic carbocycles. The molecule has 130 valence electrons. The van der Waals surface area contributed by atoms with Crippen molar-refractivity contribution in [1.82, 2.24) is 14.9 Å². The maximum absolute atomic E-state index is 13.2. The first kappa shape index (κ1) is 16.2. The topological polar surface area (TPSA) is 89.2 Å². The third-order valence-electron chi connectivity index (χ3n) is 4.72. The molecule has 1 aliphatic rings. The number of pyridine rings is 2. The first-order valence-corrected chi connectivity index (χ1v) is 8.56. The van der Waals surface area contributed by atoms with Crippen LogP contribution in [0.4, 0.5) is 0 Å². The Bertz CT molecular complexity index is 988. The van der Waals surface area contributed by atoms with Crippen LogP contribution in [0.15, 0.2) is 54.7 Å². The average molecular weight is 346 g/mol. The number of nitrogens with two attached hydrogens (primary N) is 1. The number of aromatic nitrogens is 2. The van der Waals surface area contributed by atoms with Crippen molar-refractivity contribution in [2.75, 3.05) is 6.54 Å². The lowest BCUT2D eigenvalue weighted by atomic mass is 10.0. The third-order valence-corrected chi connectivity index (χ3v) is 4.72. The average Bonchev–Trinajstić information content (AvgIpc) is 3.17. The molecule has 0 aliphatic carbocycles. The Kier molecular flexibility index (Phi) is 4.08. The van der Waals surface area contributed by atoms with Crippen LogP contribution in [0.25, 0.3) is 22.3 Å². The molecule has 0 unspecified atom stereocenters. The number of fused-ring (bicyclic) bond motifs is 1. The van der Waals surface area contributed by atoms with Gasteiger partial charge in [-0.15, -0.1) is 0 Å². The highest BCUT2D eigenvalue weighted by Crippen LogP contribution is 2.27. The van der Waals surface area contributed by atoms with E-state index in [1.165, 1.54) is 0 Å². The zero-order chi connectivity index (χ0) is 18.1. The van der Waals surface area contributed by atoms with Crippen LogP contribution in [-0.2, 0) is 4.79 Å². The van der Waals surface area contributed by atoms with Crippen LogP contribution in [-0.4, -0.2) is 39.3 Å². The molecule has 6 heteroatoms. The summed E-state index contributed by atoms with van der Waals surface area (Å²) < 4.78 is 0. The molecule has 1 fully saturated rings. The minimum atomic E-state index is -0.548. The lowest BCUT2D eigenvalue weighted by Crippen LogP contribution is -2.43. The van der Waals surface area contributed by atoms with Crippen molar-refractivity contribution in [2.24, 2.45) is 5.73 Å². The molecule has 1 atom stereocenters. The van der Waals surface area contributed by atoms with Crippen molar-refractivity contribution in [3.8, 4) is 11.4 Å². The highest BCUT2D eigenvalue weighted by Gasteiger charge is 2.34. The molecule has 26 heavy (non-hydrogen) atoms. The summed E-state index contributed by atoms with van der Waals surface area (Å²) in [7, 11) is 0. The van der Waals surface area contributed by atoms with Crippen molar-refractivity contribution in [2.45, 2.75) is 18.9 Å². The van der Waals surface area contributed by atoms with Crippen molar-refractivity contribution < 1.29 is 9.59 Å². The molecule has 3 aromatic rings. The van der Waals surface area contributed by atoms with E-state index in [1.807, 2.05) is 42.5 Å². The van der Waals surface area contributed by atoms with Gasteiger partial charge in [-0.1, -0.05) is 24.3 Å².